The van der Waals surface area contributed by atoms with Crippen molar-refractivity contribution in [2.45, 2.75) is 136 Å². The molecule has 3 saturated carbocycles. The molecule has 10 nitrogen and oxygen atoms in total. The van der Waals surface area contributed by atoms with Crippen LogP contribution in [0.3, 0.4) is 0 Å². The summed E-state index contributed by atoms with van der Waals surface area (Å²) in [4.78, 5) is 67.2. The molecule has 42 heavy (non-hydrogen) atoms. The minimum absolute atomic E-state index is 0.148. The van der Waals surface area contributed by atoms with E-state index in [1.807, 2.05) is 20.8 Å². The molecule has 0 aromatic carbocycles. The lowest BCUT2D eigenvalue weighted by Gasteiger charge is -2.36. The van der Waals surface area contributed by atoms with Crippen LogP contribution in [-0.4, -0.2) is 64.8 Å². The van der Waals surface area contributed by atoms with E-state index < -0.39 is 52.8 Å². The topological polar surface area (TPSA) is 148 Å². The zero-order valence-corrected chi connectivity index (χ0v) is 26.4. The van der Waals surface area contributed by atoms with Gasteiger partial charge in [0, 0.05) is 6.54 Å². The number of ether oxygens (including phenoxy) is 1. The number of nitrogens with one attached hydrogen (secondary N) is 2. The molecule has 3 aliphatic carbocycles. The Morgan fingerprint density at radius 2 is 1.55 bits per heavy atom. The molecule has 4 aliphatic rings. The molecule has 0 bridgehead atoms. The molecule has 4 fully saturated rings. The summed E-state index contributed by atoms with van der Waals surface area (Å²) < 4.78 is 5.47. The number of likely N-dealkylation sites (tertiary alicyclic amines) is 1. The second-order valence-corrected chi connectivity index (χ2v) is 15.5. The van der Waals surface area contributed by atoms with Crippen LogP contribution in [0.15, 0.2) is 0 Å². The van der Waals surface area contributed by atoms with Gasteiger partial charge in [-0.1, -0.05) is 72.1 Å². The maximum Gasteiger partial charge on any atom is 0.408 e. The Morgan fingerprint density at radius 3 is 2.07 bits per heavy atom. The first-order valence-corrected chi connectivity index (χ1v) is 15.9. The summed E-state index contributed by atoms with van der Waals surface area (Å²) in [6.07, 6.45) is 10.2. The molecule has 1 aliphatic heterocycles. The number of carbonyl (C=O) groups is 5. The second-order valence-electron chi connectivity index (χ2n) is 15.5. The van der Waals surface area contributed by atoms with Gasteiger partial charge in [-0.25, -0.2) is 4.79 Å². The van der Waals surface area contributed by atoms with Crippen molar-refractivity contribution < 1.29 is 28.7 Å². The first-order valence-electron chi connectivity index (χ1n) is 15.9. The standard InChI is InChI=1S/C32H52N4O6/c1-30(2,3)25(35-29(41)42-31(4,5)6)28(40)36-18-32(16-21(32)20-13-8-7-9-14-20)17-23(36)27(39)34-22(24(37)26(33)38)15-19-11-10-12-19/h19-23,25H,7-18H2,1-6H3,(H2,33,38)(H,34,39)(H,35,41)/t21?,22?,23?,25?,32-/m1/s1. The average Bonchev–Trinajstić information content (AvgIpc) is 3.42. The van der Waals surface area contributed by atoms with Crippen LogP contribution in [0.4, 0.5) is 4.79 Å². The lowest BCUT2D eigenvalue weighted by molar-refractivity contribution is -0.143. The Kier molecular flexibility index (Phi) is 9.34. The number of hydrogen-bond donors (Lipinski definition) is 3. The molecular weight excluding hydrogens is 536 g/mol. The lowest BCUT2D eigenvalue weighted by Crippen LogP contribution is -2.59. The Morgan fingerprint density at radius 1 is 0.905 bits per heavy atom. The van der Waals surface area contributed by atoms with Gasteiger partial charge in [0.05, 0.1) is 6.04 Å². The van der Waals surface area contributed by atoms with Crippen LogP contribution < -0.4 is 16.4 Å². The molecule has 5 atom stereocenters. The van der Waals surface area contributed by atoms with E-state index in [1.165, 1.54) is 32.1 Å². The number of amides is 4. The Bertz CT molecular complexity index is 1070. The highest BCUT2D eigenvalue weighted by Crippen LogP contribution is 2.65. The largest absolute Gasteiger partial charge is 0.444 e. The van der Waals surface area contributed by atoms with E-state index in [-0.39, 0.29) is 17.2 Å². The molecule has 236 valence electrons. The van der Waals surface area contributed by atoms with Crippen LogP contribution in [-0.2, 0) is 23.9 Å². The average molecular weight is 589 g/mol. The molecule has 10 heteroatoms. The van der Waals surface area contributed by atoms with Crippen molar-refractivity contribution in [3.63, 3.8) is 0 Å². The number of carbonyl (C=O) groups excluding carboxylic acids is 5. The second kappa shape index (κ2) is 12.2. The van der Waals surface area contributed by atoms with Crippen molar-refractivity contribution in [2.75, 3.05) is 6.54 Å². The number of primary amides is 1. The summed E-state index contributed by atoms with van der Waals surface area (Å²) in [5.74, 6) is -1.33. The molecule has 4 unspecified atom stereocenters. The first kappa shape index (κ1) is 32.3. The fourth-order valence-electron chi connectivity index (χ4n) is 7.45. The van der Waals surface area contributed by atoms with Gasteiger partial charge in [0.25, 0.3) is 5.91 Å². The molecule has 0 radical (unpaired) electrons. The fraction of sp³-hybridized carbons (Fsp3) is 0.844. The maximum absolute atomic E-state index is 14.3. The molecule has 1 spiro atoms. The number of hydrogen-bond acceptors (Lipinski definition) is 6. The highest BCUT2D eigenvalue weighted by atomic mass is 16.6. The van der Waals surface area contributed by atoms with Crippen LogP contribution in [0.2, 0.25) is 0 Å². The van der Waals surface area contributed by atoms with Crippen LogP contribution in [0.1, 0.15) is 112 Å². The Hall–Kier alpha value is -2.65. The maximum atomic E-state index is 14.3. The van der Waals surface area contributed by atoms with Gasteiger partial charge in [0.2, 0.25) is 17.6 Å². The highest BCUT2D eigenvalue weighted by Gasteiger charge is 2.64. The quantitative estimate of drug-likeness (QED) is 0.349. The van der Waals surface area contributed by atoms with Gasteiger partial charge in [-0.2, -0.15) is 0 Å². The van der Waals surface area contributed by atoms with E-state index in [0.29, 0.717) is 31.2 Å². The number of rotatable bonds is 9. The molecule has 0 aromatic heterocycles. The van der Waals surface area contributed by atoms with E-state index in [2.05, 4.69) is 10.6 Å². The number of alkyl carbamates (subject to hydrolysis) is 1. The van der Waals surface area contributed by atoms with E-state index in [0.717, 1.165) is 25.7 Å². The van der Waals surface area contributed by atoms with Gasteiger partial charge in [-0.15, -0.1) is 0 Å². The van der Waals surface area contributed by atoms with Gasteiger partial charge in [0.15, 0.2) is 0 Å². The van der Waals surface area contributed by atoms with Gasteiger partial charge in [0.1, 0.15) is 17.7 Å². The molecule has 4 amide bonds. The summed E-state index contributed by atoms with van der Waals surface area (Å²) >= 11 is 0. The fourth-order valence-corrected chi connectivity index (χ4v) is 7.45. The summed E-state index contributed by atoms with van der Waals surface area (Å²) in [5, 5.41) is 5.63. The van der Waals surface area contributed by atoms with Crippen LogP contribution in [0.5, 0.6) is 0 Å². The SMILES string of the molecule is CC(C)(C)OC(=O)NC(C(=O)N1C[C@]2(CC1C(=O)NC(CC1CCC1)C(=O)C(N)=O)CC2C1CCCCC1)C(C)(C)C. The molecule has 0 aromatic rings. The molecule has 4 N–H and O–H groups in total. The summed E-state index contributed by atoms with van der Waals surface area (Å²) in [6.45, 7) is 11.3. The van der Waals surface area contributed by atoms with Gasteiger partial charge in [-0.3, -0.25) is 19.2 Å². The minimum atomic E-state index is -1.07. The molecule has 4 rings (SSSR count). The van der Waals surface area contributed by atoms with E-state index in [4.69, 9.17) is 10.5 Å². The van der Waals surface area contributed by atoms with Gasteiger partial charge in [-0.05, 0) is 68.6 Å². The number of Topliss-reactive ketones (excluding diaryl/α,β-unsaturated/α-hetero) is 1. The van der Waals surface area contributed by atoms with Crippen molar-refractivity contribution in [3.8, 4) is 0 Å². The van der Waals surface area contributed by atoms with Crippen molar-refractivity contribution in [1.29, 1.82) is 0 Å². The monoisotopic (exact) mass is 588 g/mol. The van der Waals surface area contributed by atoms with E-state index in [1.54, 1.807) is 25.7 Å². The van der Waals surface area contributed by atoms with Crippen LogP contribution in [0.25, 0.3) is 0 Å². The van der Waals surface area contributed by atoms with Crippen molar-refractivity contribution in [1.82, 2.24) is 15.5 Å². The minimum Gasteiger partial charge on any atom is -0.444 e. The Labute approximate surface area is 250 Å². The summed E-state index contributed by atoms with van der Waals surface area (Å²) in [6, 6.07) is -2.73. The van der Waals surface area contributed by atoms with E-state index in [9.17, 15) is 24.0 Å². The lowest BCUT2D eigenvalue weighted by atomic mass is 9.80. The van der Waals surface area contributed by atoms with Crippen molar-refractivity contribution in [2.24, 2.45) is 34.3 Å². The predicted octanol–water partition coefficient (Wildman–Crippen LogP) is 3.84. The summed E-state index contributed by atoms with van der Waals surface area (Å²) in [7, 11) is 0. The number of nitrogens with zero attached hydrogens (tertiary/aromatic N) is 1. The third-order valence-electron chi connectivity index (χ3n) is 9.96. The zero-order valence-electron chi connectivity index (χ0n) is 26.4. The smallest absolute Gasteiger partial charge is 0.408 e. The molecule has 1 heterocycles. The van der Waals surface area contributed by atoms with E-state index >= 15 is 0 Å². The normalized spacial score (nSPS) is 28.0. The highest BCUT2D eigenvalue weighted by molar-refractivity contribution is 6.37. The van der Waals surface area contributed by atoms with Gasteiger partial charge >= 0.3 is 6.09 Å². The first-order chi connectivity index (χ1) is 19.5. The zero-order chi connectivity index (χ0) is 31.0. The van der Waals surface area contributed by atoms with Gasteiger partial charge < -0.3 is 26.0 Å². The van der Waals surface area contributed by atoms with Crippen molar-refractivity contribution >= 4 is 29.6 Å². The third kappa shape index (κ3) is 7.46. The van der Waals surface area contributed by atoms with Crippen LogP contribution >= 0.6 is 0 Å². The third-order valence-corrected chi connectivity index (χ3v) is 9.96. The van der Waals surface area contributed by atoms with Crippen LogP contribution in [0, 0.1) is 28.6 Å². The predicted molar refractivity (Wildman–Crippen MR) is 158 cm³/mol. The molecular formula is C32H52N4O6. The number of nitrogens with two attached hydrogens (primary N) is 1. The number of ketones is 1. The van der Waals surface area contributed by atoms with Crippen molar-refractivity contribution in [3.05, 3.63) is 0 Å². The summed E-state index contributed by atoms with van der Waals surface area (Å²) in [5.41, 5.74) is 3.81. The Balaban J connectivity index is 1.58. The molecule has 1 saturated heterocycles.